The molecule has 6 nitrogen and oxygen atoms in total. The molecule has 1 atom stereocenters. The van der Waals surface area contributed by atoms with Gasteiger partial charge in [-0.2, -0.15) is 0 Å². The first-order valence-electron chi connectivity index (χ1n) is 9.69. The first kappa shape index (κ1) is 20.8. The lowest BCUT2D eigenvalue weighted by molar-refractivity contribution is -0.143. The zero-order valence-electron chi connectivity index (χ0n) is 17.0. The molecule has 0 saturated carbocycles. The lowest BCUT2D eigenvalue weighted by atomic mass is 9.84. The van der Waals surface area contributed by atoms with Crippen LogP contribution in [0.5, 0.6) is 0 Å². The van der Waals surface area contributed by atoms with Gasteiger partial charge in [0.2, 0.25) is 0 Å². The van der Waals surface area contributed by atoms with Crippen molar-refractivity contribution in [1.82, 2.24) is 15.0 Å². The molecule has 2 heterocycles. The van der Waals surface area contributed by atoms with Crippen molar-refractivity contribution >= 4 is 50.0 Å². The molecule has 0 unspecified atom stereocenters. The zero-order chi connectivity index (χ0) is 21.4. The van der Waals surface area contributed by atoms with E-state index in [0.717, 1.165) is 37.9 Å². The summed E-state index contributed by atoms with van der Waals surface area (Å²) >= 11 is 8.18. The van der Waals surface area contributed by atoms with Crippen molar-refractivity contribution in [2.24, 2.45) is 7.05 Å². The minimum Gasteiger partial charge on any atom is -0.466 e. The molecule has 4 rings (SSSR count). The highest BCUT2D eigenvalue weighted by atomic mass is 35.5. The van der Waals surface area contributed by atoms with Crippen LogP contribution in [-0.2, 0) is 23.2 Å². The number of aromatic nitrogens is 3. The van der Waals surface area contributed by atoms with Gasteiger partial charge in [0.25, 0.3) is 0 Å². The lowest BCUT2D eigenvalue weighted by Gasteiger charge is -2.21. The largest absolute Gasteiger partial charge is 0.466 e. The van der Waals surface area contributed by atoms with E-state index in [4.69, 9.17) is 16.3 Å². The maximum atomic E-state index is 12.5. The number of aliphatic hydroxyl groups excluding tert-OH is 1. The number of nitrogens with zero attached hydrogens (tertiary/aromatic N) is 3. The average Bonchev–Trinajstić information content (AvgIpc) is 3.35. The Morgan fingerprint density at radius 3 is 2.90 bits per heavy atom. The molecule has 2 aromatic heterocycles. The molecule has 0 saturated heterocycles. The van der Waals surface area contributed by atoms with E-state index in [1.54, 1.807) is 30.0 Å². The Balaban J connectivity index is 1.93. The number of thiophene rings is 1. The van der Waals surface area contributed by atoms with Crippen LogP contribution in [0.3, 0.4) is 0 Å². The van der Waals surface area contributed by atoms with Gasteiger partial charge < -0.3 is 9.84 Å². The van der Waals surface area contributed by atoms with Crippen LogP contribution >= 0.6 is 22.9 Å². The van der Waals surface area contributed by atoms with Gasteiger partial charge >= 0.3 is 5.97 Å². The minimum absolute atomic E-state index is 0.0695. The third kappa shape index (κ3) is 3.57. The fraction of sp³-hybridized carbons (Fsp3) is 0.318. The number of hydrogen-bond acceptors (Lipinski definition) is 6. The van der Waals surface area contributed by atoms with Crippen LogP contribution in [0.4, 0.5) is 0 Å². The quantitative estimate of drug-likeness (QED) is 0.436. The van der Waals surface area contributed by atoms with Crippen molar-refractivity contribution < 1.29 is 14.6 Å². The molecular weight excluding hydrogens is 422 g/mol. The molecule has 1 N–H and O–H groups in total. The van der Waals surface area contributed by atoms with Gasteiger partial charge in [0.05, 0.1) is 24.7 Å². The van der Waals surface area contributed by atoms with E-state index in [1.807, 2.05) is 30.5 Å². The second-order valence-corrected chi connectivity index (χ2v) is 8.55. The highest BCUT2D eigenvalue weighted by Gasteiger charge is 2.25. The van der Waals surface area contributed by atoms with Gasteiger partial charge in [0.15, 0.2) is 0 Å². The molecular formula is C22H22ClN3O3S. The molecule has 0 fully saturated rings. The molecule has 4 aromatic rings. The number of aliphatic hydroxyl groups is 1. The summed E-state index contributed by atoms with van der Waals surface area (Å²) in [6.45, 7) is 4.01. The second kappa shape index (κ2) is 8.34. The SMILES string of the molecule is CCOC(=O)C[C@@H](c1cc(CO)c2sccc2c1)c1cc(Cl)c2c(nnn2C)c1C. The molecule has 2 aromatic carbocycles. The van der Waals surface area contributed by atoms with E-state index in [-0.39, 0.29) is 24.9 Å². The number of benzene rings is 2. The van der Waals surface area contributed by atoms with Crippen LogP contribution in [0, 0.1) is 6.92 Å². The maximum Gasteiger partial charge on any atom is 0.306 e. The van der Waals surface area contributed by atoms with E-state index in [2.05, 4.69) is 16.4 Å². The lowest BCUT2D eigenvalue weighted by Crippen LogP contribution is -2.13. The Kier molecular flexibility index (Phi) is 5.77. The van der Waals surface area contributed by atoms with Crippen LogP contribution in [0.2, 0.25) is 5.02 Å². The first-order valence-corrected chi connectivity index (χ1v) is 10.9. The summed E-state index contributed by atoms with van der Waals surface area (Å²) in [6, 6.07) is 7.96. The normalized spacial score (nSPS) is 12.6. The van der Waals surface area contributed by atoms with Crippen molar-refractivity contribution in [3.8, 4) is 0 Å². The Hall–Kier alpha value is -2.48. The summed E-state index contributed by atoms with van der Waals surface area (Å²) in [5, 5.41) is 21.9. The van der Waals surface area contributed by atoms with E-state index in [0.29, 0.717) is 17.1 Å². The number of rotatable bonds is 6. The van der Waals surface area contributed by atoms with E-state index in [1.165, 1.54) is 0 Å². The summed E-state index contributed by atoms with van der Waals surface area (Å²) in [4.78, 5) is 12.5. The predicted molar refractivity (Wildman–Crippen MR) is 119 cm³/mol. The van der Waals surface area contributed by atoms with E-state index >= 15 is 0 Å². The summed E-state index contributed by atoms with van der Waals surface area (Å²) in [5.74, 6) is -0.573. The average molecular weight is 444 g/mol. The van der Waals surface area contributed by atoms with Gasteiger partial charge in [0.1, 0.15) is 11.0 Å². The number of fused-ring (bicyclic) bond motifs is 2. The number of hydrogen-bond donors (Lipinski definition) is 1. The Morgan fingerprint density at radius 2 is 2.17 bits per heavy atom. The second-order valence-electron chi connectivity index (χ2n) is 7.22. The topological polar surface area (TPSA) is 77.2 Å². The van der Waals surface area contributed by atoms with E-state index in [9.17, 15) is 9.90 Å². The standard InChI is InChI=1S/C22H22ClN3O3S/c1-4-29-19(28)10-17(14-7-13-5-6-30-22(13)15(8-14)11-27)16-9-18(23)21-20(12(16)2)24-25-26(21)3/h5-9,17,27H,4,10-11H2,1-3H3/t17-/m0/s1. The molecule has 0 bridgehead atoms. The molecule has 0 radical (unpaired) electrons. The van der Waals surface area contributed by atoms with Crippen molar-refractivity contribution in [2.75, 3.05) is 6.61 Å². The fourth-order valence-corrected chi connectivity index (χ4v) is 5.20. The number of aryl methyl sites for hydroxylation is 2. The molecule has 0 spiro atoms. The number of halogens is 1. The Morgan fingerprint density at radius 1 is 1.37 bits per heavy atom. The molecule has 8 heteroatoms. The summed E-state index contributed by atoms with van der Waals surface area (Å²) < 4.78 is 7.95. The zero-order valence-corrected chi connectivity index (χ0v) is 18.5. The third-order valence-corrected chi connectivity index (χ3v) is 6.69. The molecule has 156 valence electrons. The number of ether oxygens (including phenoxy) is 1. The summed E-state index contributed by atoms with van der Waals surface area (Å²) in [6.07, 6.45) is 0.164. The van der Waals surface area contributed by atoms with Gasteiger partial charge in [-0.15, -0.1) is 16.4 Å². The molecule has 0 aliphatic carbocycles. The van der Waals surface area contributed by atoms with Crippen LogP contribution in [0.25, 0.3) is 21.1 Å². The van der Waals surface area contributed by atoms with Gasteiger partial charge in [-0.25, -0.2) is 4.68 Å². The third-order valence-electron chi connectivity index (χ3n) is 5.40. The number of carbonyl (C=O) groups excluding carboxylic acids is 1. The summed E-state index contributed by atoms with van der Waals surface area (Å²) in [5.41, 5.74) is 5.08. The van der Waals surface area contributed by atoms with Crippen molar-refractivity contribution in [3.05, 3.63) is 56.9 Å². The van der Waals surface area contributed by atoms with E-state index < -0.39 is 0 Å². The monoisotopic (exact) mass is 443 g/mol. The highest BCUT2D eigenvalue weighted by Crippen LogP contribution is 2.39. The first-order chi connectivity index (χ1) is 14.4. The molecule has 0 aliphatic rings. The summed E-state index contributed by atoms with van der Waals surface area (Å²) in [7, 11) is 1.80. The number of carbonyl (C=O) groups is 1. The van der Waals surface area contributed by atoms with Crippen LogP contribution < -0.4 is 0 Å². The van der Waals surface area contributed by atoms with Crippen LogP contribution in [-0.4, -0.2) is 32.7 Å². The van der Waals surface area contributed by atoms with Crippen LogP contribution in [0.1, 0.15) is 41.5 Å². The smallest absolute Gasteiger partial charge is 0.306 e. The van der Waals surface area contributed by atoms with Gasteiger partial charge in [-0.3, -0.25) is 4.79 Å². The Bertz CT molecular complexity index is 1250. The van der Waals surface area contributed by atoms with Crippen molar-refractivity contribution in [3.63, 3.8) is 0 Å². The highest BCUT2D eigenvalue weighted by molar-refractivity contribution is 7.17. The van der Waals surface area contributed by atoms with Crippen molar-refractivity contribution in [2.45, 2.75) is 32.8 Å². The van der Waals surface area contributed by atoms with Crippen molar-refractivity contribution in [1.29, 1.82) is 0 Å². The van der Waals surface area contributed by atoms with Crippen LogP contribution in [0.15, 0.2) is 29.6 Å². The fourth-order valence-electron chi connectivity index (χ4n) is 3.98. The molecule has 0 amide bonds. The molecule has 0 aliphatic heterocycles. The molecule has 30 heavy (non-hydrogen) atoms. The van der Waals surface area contributed by atoms with Gasteiger partial charge in [0, 0.05) is 17.7 Å². The number of esters is 1. The van der Waals surface area contributed by atoms with Gasteiger partial charge in [-0.05, 0) is 65.1 Å². The maximum absolute atomic E-state index is 12.5. The van der Waals surface area contributed by atoms with Gasteiger partial charge in [-0.1, -0.05) is 22.9 Å². The Labute approximate surface area is 183 Å². The predicted octanol–water partition coefficient (Wildman–Crippen LogP) is 4.72. The minimum atomic E-state index is -0.289.